The fourth-order valence-electron chi connectivity index (χ4n) is 2.26. The van der Waals surface area contributed by atoms with E-state index in [1.807, 2.05) is 0 Å². The van der Waals surface area contributed by atoms with Gasteiger partial charge < -0.3 is 11.1 Å². The molecule has 0 saturated carbocycles. The molecule has 1 aliphatic heterocycles. The number of aryl methyl sites for hydroxylation is 1. The van der Waals surface area contributed by atoms with Gasteiger partial charge in [-0.15, -0.1) is 11.3 Å². The molecule has 5 heteroatoms. The van der Waals surface area contributed by atoms with Gasteiger partial charge in [-0.05, 0) is 31.4 Å². The molecule has 4 nitrogen and oxygen atoms in total. The minimum Gasteiger partial charge on any atom is -0.350 e. The molecule has 1 aromatic rings. The van der Waals surface area contributed by atoms with Crippen LogP contribution in [0.15, 0.2) is 12.1 Å². The lowest BCUT2D eigenvalue weighted by Crippen LogP contribution is -2.44. The maximum Gasteiger partial charge on any atom is 0.234 e. The molecule has 0 atom stereocenters. The van der Waals surface area contributed by atoms with Crippen LogP contribution in [0.5, 0.6) is 0 Å². The van der Waals surface area contributed by atoms with Crippen LogP contribution >= 0.6 is 11.3 Å². The lowest BCUT2D eigenvalue weighted by atomic mass is 10.1. The Morgan fingerprint density at radius 1 is 1.42 bits per heavy atom. The molecule has 106 valence electrons. The number of carbonyl (C=O) groups excluding carboxylic acids is 1. The fraction of sp³-hybridized carbons (Fsp3) is 0.643. The normalized spacial score (nSPS) is 17.6. The molecule has 1 saturated heterocycles. The Morgan fingerprint density at radius 2 is 2.11 bits per heavy atom. The van der Waals surface area contributed by atoms with Crippen molar-refractivity contribution in [2.24, 2.45) is 5.73 Å². The predicted molar refractivity (Wildman–Crippen MR) is 79.2 cm³/mol. The summed E-state index contributed by atoms with van der Waals surface area (Å²) in [6, 6.07) is 4.56. The number of likely N-dealkylation sites (tertiary alicyclic amines) is 1. The summed E-state index contributed by atoms with van der Waals surface area (Å²) in [4.78, 5) is 16.6. The third kappa shape index (κ3) is 4.60. The fourth-order valence-corrected chi connectivity index (χ4v) is 3.16. The lowest BCUT2D eigenvalue weighted by Gasteiger charge is -2.29. The zero-order valence-corrected chi connectivity index (χ0v) is 12.3. The van der Waals surface area contributed by atoms with E-state index in [1.165, 1.54) is 9.75 Å². The van der Waals surface area contributed by atoms with E-state index >= 15 is 0 Å². The highest BCUT2D eigenvalue weighted by Crippen LogP contribution is 2.16. The Hall–Kier alpha value is -0.910. The highest BCUT2D eigenvalue weighted by atomic mass is 32.1. The van der Waals surface area contributed by atoms with E-state index in [0.717, 1.165) is 32.4 Å². The molecule has 1 aliphatic rings. The first-order valence-corrected chi connectivity index (χ1v) is 7.81. The maximum absolute atomic E-state index is 11.9. The van der Waals surface area contributed by atoms with E-state index in [9.17, 15) is 4.79 Å². The molecule has 0 spiro atoms. The third-order valence-electron chi connectivity index (χ3n) is 3.53. The van der Waals surface area contributed by atoms with Gasteiger partial charge in [-0.2, -0.15) is 0 Å². The van der Waals surface area contributed by atoms with Crippen LogP contribution in [0, 0.1) is 0 Å². The molecule has 0 aromatic carbocycles. The van der Waals surface area contributed by atoms with Gasteiger partial charge in [0.15, 0.2) is 0 Å². The molecule has 0 aliphatic carbocycles. The van der Waals surface area contributed by atoms with Crippen molar-refractivity contribution in [1.29, 1.82) is 0 Å². The number of amides is 1. The van der Waals surface area contributed by atoms with Crippen molar-refractivity contribution in [3.63, 3.8) is 0 Å². The van der Waals surface area contributed by atoms with Gasteiger partial charge in [-0.1, -0.05) is 6.92 Å². The SMILES string of the molecule is CCc1ccc(CNC(=O)CN2CCC(N)CC2)s1. The van der Waals surface area contributed by atoms with Gasteiger partial charge in [-0.25, -0.2) is 0 Å². The van der Waals surface area contributed by atoms with Crippen molar-refractivity contribution in [2.45, 2.75) is 38.8 Å². The second kappa shape index (κ2) is 7.03. The quantitative estimate of drug-likeness (QED) is 0.856. The Labute approximate surface area is 119 Å². The van der Waals surface area contributed by atoms with Gasteiger partial charge in [0, 0.05) is 28.9 Å². The highest BCUT2D eigenvalue weighted by molar-refractivity contribution is 7.11. The molecule has 2 heterocycles. The van der Waals surface area contributed by atoms with Crippen molar-refractivity contribution in [3.05, 3.63) is 21.9 Å². The second-order valence-corrected chi connectivity index (χ2v) is 6.36. The molecule has 0 bridgehead atoms. The Morgan fingerprint density at radius 3 is 2.74 bits per heavy atom. The minimum atomic E-state index is 0.113. The van der Waals surface area contributed by atoms with Crippen molar-refractivity contribution >= 4 is 17.2 Å². The van der Waals surface area contributed by atoms with Gasteiger partial charge in [0.1, 0.15) is 0 Å². The summed E-state index contributed by atoms with van der Waals surface area (Å²) in [7, 11) is 0. The number of nitrogens with two attached hydrogens (primary N) is 1. The van der Waals surface area contributed by atoms with Crippen molar-refractivity contribution < 1.29 is 4.79 Å². The molecule has 3 N–H and O–H groups in total. The van der Waals surface area contributed by atoms with Gasteiger partial charge in [0.2, 0.25) is 5.91 Å². The van der Waals surface area contributed by atoms with Crippen LogP contribution in [-0.2, 0) is 17.8 Å². The first kappa shape index (κ1) is 14.5. The van der Waals surface area contributed by atoms with Crippen LogP contribution in [0.25, 0.3) is 0 Å². The molecule has 0 unspecified atom stereocenters. The molecule has 1 fully saturated rings. The molecule has 1 amide bonds. The topological polar surface area (TPSA) is 58.4 Å². The molecule has 19 heavy (non-hydrogen) atoms. The number of nitrogens with one attached hydrogen (secondary N) is 1. The number of thiophene rings is 1. The summed E-state index contributed by atoms with van der Waals surface area (Å²) in [6.45, 7) is 5.17. The van der Waals surface area contributed by atoms with Crippen LogP contribution in [-0.4, -0.2) is 36.5 Å². The van der Waals surface area contributed by atoms with E-state index in [1.54, 1.807) is 11.3 Å². The largest absolute Gasteiger partial charge is 0.350 e. The van der Waals surface area contributed by atoms with E-state index in [2.05, 4.69) is 29.3 Å². The predicted octanol–water partition coefficient (Wildman–Crippen LogP) is 1.35. The minimum absolute atomic E-state index is 0.113. The number of nitrogens with zero attached hydrogens (tertiary/aromatic N) is 1. The summed E-state index contributed by atoms with van der Waals surface area (Å²) >= 11 is 1.78. The van der Waals surface area contributed by atoms with E-state index in [0.29, 0.717) is 19.1 Å². The number of piperidine rings is 1. The summed E-state index contributed by atoms with van der Waals surface area (Å²) in [5.41, 5.74) is 5.85. The summed E-state index contributed by atoms with van der Waals surface area (Å²) < 4.78 is 0. The lowest BCUT2D eigenvalue weighted by molar-refractivity contribution is -0.122. The van der Waals surface area contributed by atoms with E-state index < -0.39 is 0 Å². The molecule has 0 radical (unpaired) electrons. The average molecular weight is 281 g/mol. The Bertz CT molecular complexity index is 411. The van der Waals surface area contributed by atoms with Gasteiger partial charge in [0.25, 0.3) is 0 Å². The zero-order chi connectivity index (χ0) is 13.7. The first-order chi connectivity index (χ1) is 9.17. The average Bonchev–Trinajstić information content (AvgIpc) is 2.87. The molecule has 2 rings (SSSR count). The van der Waals surface area contributed by atoms with E-state index in [-0.39, 0.29) is 5.91 Å². The van der Waals surface area contributed by atoms with Crippen LogP contribution in [0.2, 0.25) is 0 Å². The third-order valence-corrected chi connectivity index (χ3v) is 4.75. The molecular weight excluding hydrogens is 258 g/mol. The molecular formula is C14H23N3OS. The van der Waals surface area contributed by atoms with Crippen molar-refractivity contribution in [3.8, 4) is 0 Å². The van der Waals surface area contributed by atoms with Crippen LogP contribution in [0.1, 0.15) is 29.5 Å². The number of hydrogen-bond donors (Lipinski definition) is 2. The summed E-state index contributed by atoms with van der Waals surface area (Å²) in [5.74, 6) is 0.113. The Kier molecular flexibility index (Phi) is 5.36. The first-order valence-electron chi connectivity index (χ1n) is 6.99. The Balaban J connectivity index is 1.69. The molecule has 1 aromatic heterocycles. The van der Waals surface area contributed by atoms with Crippen LogP contribution in [0.4, 0.5) is 0 Å². The number of carbonyl (C=O) groups is 1. The van der Waals surface area contributed by atoms with Gasteiger partial charge in [-0.3, -0.25) is 9.69 Å². The maximum atomic E-state index is 11.9. The number of rotatable bonds is 5. The second-order valence-electron chi connectivity index (χ2n) is 5.11. The van der Waals surface area contributed by atoms with Gasteiger partial charge >= 0.3 is 0 Å². The van der Waals surface area contributed by atoms with Crippen LogP contribution in [0.3, 0.4) is 0 Å². The monoisotopic (exact) mass is 281 g/mol. The smallest absolute Gasteiger partial charge is 0.234 e. The highest BCUT2D eigenvalue weighted by Gasteiger charge is 2.17. The summed E-state index contributed by atoms with van der Waals surface area (Å²) in [5, 5.41) is 2.99. The van der Waals surface area contributed by atoms with Crippen molar-refractivity contribution in [1.82, 2.24) is 10.2 Å². The van der Waals surface area contributed by atoms with E-state index in [4.69, 9.17) is 5.73 Å². The summed E-state index contributed by atoms with van der Waals surface area (Å²) in [6.07, 6.45) is 3.06. The standard InChI is InChI=1S/C14H23N3OS/c1-2-12-3-4-13(19-12)9-16-14(18)10-17-7-5-11(15)6-8-17/h3-4,11H,2,5-10,15H2,1H3,(H,16,18). The zero-order valence-electron chi connectivity index (χ0n) is 11.5. The van der Waals surface area contributed by atoms with Gasteiger partial charge in [0.05, 0.1) is 13.1 Å². The number of hydrogen-bond acceptors (Lipinski definition) is 4. The van der Waals surface area contributed by atoms with Crippen molar-refractivity contribution in [2.75, 3.05) is 19.6 Å². The van der Waals surface area contributed by atoms with Crippen LogP contribution < -0.4 is 11.1 Å².